The summed E-state index contributed by atoms with van der Waals surface area (Å²) in [6.45, 7) is 3.29. The summed E-state index contributed by atoms with van der Waals surface area (Å²) in [5.74, 6) is 0.812. The van der Waals surface area contributed by atoms with Crippen molar-refractivity contribution in [2.75, 3.05) is 18.5 Å². The minimum Gasteiger partial charge on any atom is -0.491 e. The fourth-order valence-electron chi connectivity index (χ4n) is 1.84. The Morgan fingerprint density at radius 1 is 1.44 bits per heavy atom. The zero-order valence-electron chi connectivity index (χ0n) is 9.63. The van der Waals surface area contributed by atoms with E-state index in [1.54, 1.807) is 6.07 Å². The smallest absolute Gasteiger partial charge is 0.167 e. The number of nitrogens with one attached hydrogen (secondary N) is 1. The molecular formula is C13H18FNO. The first-order chi connectivity index (χ1) is 7.79. The van der Waals surface area contributed by atoms with Gasteiger partial charge in [-0.1, -0.05) is 6.42 Å². The summed E-state index contributed by atoms with van der Waals surface area (Å²) >= 11 is 0. The highest BCUT2D eigenvalue weighted by Gasteiger charge is 2.16. The highest BCUT2D eigenvalue weighted by Crippen LogP contribution is 2.27. The molecule has 1 N–H and O–H groups in total. The molecule has 0 bridgehead atoms. The third-order valence-electron chi connectivity index (χ3n) is 3.05. The maximum atomic E-state index is 13.5. The molecule has 1 aromatic carbocycles. The van der Waals surface area contributed by atoms with Crippen LogP contribution >= 0.6 is 0 Å². The molecule has 0 aromatic heterocycles. The monoisotopic (exact) mass is 223 g/mol. The summed E-state index contributed by atoms with van der Waals surface area (Å²) in [4.78, 5) is 0. The molecule has 2 nitrogen and oxygen atoms in total. The third-order valence-corrected chi connectivity index (χ3v) is 3.05. The molecule has 3 heteroatoms. The van der Waals surface area contributed by atoms with Crippen molar-refractivity contribution in [2.24, 2.45) is 5.92 Å². The third kappa shape index (κ3) is 2.65. The number of anilines is 1. The minimum atomic E-state index is -0.291. The molecule has 1 aliphatic carbocycles. The van der Waals surface area contributed by atoms with E-state index in [1.807, 2.05) is 13.0 Å². The van der Waals surface area contributed by atoms with Gasteiger partial charge in [-0.05, 0) is 37.8 Å². The maximum Gasteiger partial charge on any atom is 0.167 e. The Morgan fingerprint density at radius 2 is 2.25 bits per heavy atom. The fourth-order valence-corrected chi connectivity index (χ4v) is 1.84. The molecule has 1 saturated carbocycles. The van der Waals surface area contributed by atoms with Crippen LogP contribution in [0.5, 0.6) is 5.75 Å². The van der Waals surface area contributed by atoms with Crippen LogP contribution in [0.15, 0.2) is 18.2 Å². The van der Waals surface area contributed by atoms with Gasteiger partial charge in [-0.15, -0.1) is 0 Å². The molecule has 0 radical (unpaired) electrons. The first kappa shape index (κ1) is 11.2. The van der Waals surface area contributed by atoms with Gasteiger partial charge >= 0.3 is 0 Å². The SMILES string of the molecule is CCOc1ccc(NCC2CCC2)cc1F. The van der Waals surface area contributed by atoms with E-state index in [2.05, 4.69) is 5.32 Å². The van der Waals surface area contributed by atoms with Crippen LogP contribution in [0.25, 0.3) is 0 Å². The molecule has 0 amide bonds. The van der Waals surface area contributed by atoms with Crippen molar-refractivity contribution in [3.8, 4) is 5.75 Å². The Balaban J connectivity index is 1.91. The Kier molecular flexibility index (Phi) is 3.65. The summed E-state index contributed by atoms with van der Waals surface area (Å²) in [6.07, 6.45) is 3.93. The summed E-state index contributed by atoms with van der Waals surface area (Å²) < 4.78 is 18.6. The molecule has 88 valence electrons. The molecule has 0 heterocycles. The molecular weight excluding hydrogens is 205 g/mol. The van der Waals surface area contributed by atoms with E-state index in [0.717, 1.165) is 18.2 Å². The van der Waals surface area contributed by atoms with Crippen molar-refractivity contribution in [3.05, 3.63) is 24.0 Å². The molecule has 0 spiro atoms. The van der Waals surface area contributed by atoms with E-state index in [-0.39, 0.29) is 5.82 Å². The molecule has 0 saturated heterocycles. The molecule has 16 heavy (non-hydrogen) atoms. The lowest BCUT2D eigenvalue weighted by Gasteiger charge is -2.25. The van der Waals surface area contributed by atoms with Crippen LogP contribution < -0.4 is 10.1 Å². The van der Waals surface area contributed by atoms with Crippen molar-refractivity contribution in [1.82, 2.24) is 0 Å². The summed E-state index contributed by atoms with van der Waals surface area (Å²) in [6, 6.07) is 5.05. The first-order valence-electron chi connectivity index (χ1n) is 5.96. The van der Waals surface area contributed by atoms with Crippen molar-refractivity contribution >= 4 is 5.69 Å². The molecule has 2 rings (SSSR count). The van der Waals surface area contributed by atoms with Gasteiger partial charge in [-0.2, -0.15) is 0 Å². The van der Waals surface area contributed by atoms with E-state index in [0.29, 0.717) is 12.4 Å². The van der Waals surface area contributed by atoms with Crippen molar-refractivity contribution in [1.29, 1.82) is 0 Å². The minimum absolute atomic E-state index is 0.291. The van der Waals surface area contributed by atoms with E-state index in [9.17, 15) is 4.39 Å². The van der Waals surface area contributed by atoms with Crippen LogP contribution in [0, 0.1) is 11.7 Å². The summed E-state index contributed by atoms with van der Waals surface area (Å²) in [5, 5.41) is 3.26. The number of hydrogen-bond donors (Lipinski definition) is 1. The Hall–Kier alpha value is -1.25. The summed E-state index contributed by atoms with van der Waals surface area (Å²) in [5.41, 5.74) is 0.841. The fraction of sp³-hybridized carbons (Fsp3) is 0.538. The maximum absolute atomic E-state index is 13.5. The van der Waals surface area contributed by atoms with E-state index >= 15 is 0 Å². The van der Waals surface area contributed by atoms with Crippen LogP contribution in [0.2, 0.25) is 0 Å². The molecule has 0 atom stereocenters. The van der Waals surface area contributed by atoms with Gasteiger partial charge in [0.1, 0.15) is 0 Å². The van der Waals surface area contributed by atoms with Gasteiger partial charge in [0.05, 0.1) is 6.61 Å². The topological polar surface area (TPSA) is 21.3 Å². The van der Waals surface area contributed by atoms with Crippen molar-refractivity contribution in [2.45, 2.75) is 26.2 Å². The predicted molar refractivity (Wildman–Crippen MR) is 63.4 cm³/mol. The molecule has 0 aliphatic heterocycles. The molecule has 1 aromatic rings. The quantitative estimate of drug-likeness (QED) is 0.825. The first-order valence-corrected chi connectivity index (χ1v) is 5.96. The van der Waals surface area contributed by atoms with Crippen LogP contribution in [-0.4, -0.2) is 13.2 Å². The van der Waals surface area contributed by atoms with Gasteiger partial charge in [0.15, 0.2) is 11.6 Å². The van der Waals surface area contributed by atoms with Gasteiger partial charge in [0, 0.05) is 18.3 Å². The number of halogens is 1. The number of ether oxygens (including phenoxy) is 1. The van der Waals surface area contributed by atoms with Gasteiger partial charge < -0.3 is 10.1 Å². The molecule has 1 aliphatic rings. The highest BCUT2D eigenvalue weighted by molar-refractivity contribution is 5.47. The summed E-state index contributed by atoms with van der Waals surface area (Å²) in [7, 11) is 0. The standard InChI is InChI=1S/C13H18FNO/c1-2-16-13-7-6-11(8-12(13)14)15-9-10-4-3-5-10/h6-8,10,15H,2-5,9H2,1H3. The average Bonchev–Trinajstić information content (AvgIpc) is 2.20. The van der Waals surface area contributed by atoms with Crippen LogP contribution in [0.1, 0.15) is 26.2 Å². The lowest BCUT2D eigenvalue weighted by Crippen LogP contribution is -2.20. The zero-order chi connectivity index (χ0) is 11.4. The van der Waals surface area contributed by atoms with Gasteiger partial charge in [0.2, 0.25) is 0 Å². The van der Waals surface area contributed by atoms with Crippen molar-refractivity contribution < 1.29 is 9.13 Å². The Morgan fingerprint density at radius 3 is 2.81 bits per heavy atom. The number of hydrogen-bond acceptors (Lipinski definition) is 2. The van der Waals surface area contributed by atoms with Gasteiger partial charge in [-0.3, -0.25) is 0 Å². The van der Waals surface area contributed by atoms with E-state index in [1.165, 1.54) is 25.3 Å². The van der Waals surface area contributed by atoms with Gasteiger partial charge in [-0.25, -0.2) is 4.39 Å². The number of benzene rings is 1. The highest BCUT2D eigenvalue weighted by atomic mass is 19.1. The van der Waals surface area contributed by atoms with E-state index in [4.69, 9.17) is 4.74 Å². The average molecular weight is 223 g/mol. The van der Waals surface area contributed by atoms with E-state index < -0.39 is 0 Å². The van der Waals surface area contributed by atoms with Gasteiger partial charge in [0.25, 0.3) is 0 Å². The molecule has 1 fully saturated rings. The second kappa shape index (κ2) is 5.19. The van der Waals surface area contributed by atoms with Crippen LogP contribution in [0.3, 0.4) is 0 Å². The lowest BCUT2D eigenvalue weighted by molar-refractivity contribution is 0.321. The second-order valence-corrected chi connectivity index (χ2v) is 4.26. The second-order valence-electron chi connectivity index (χ2n) is 4.26. The molecule has 0 unspecified atom stereocenters. The predicted octanol–water partition coefficient (Wildman–Crippen LogP) is 3.44. The normalized spacial score (nSPS) is 15.6. The lowest BCUT2D eigenvalue weighted by atomic mass is 9.85. The Labute approximate surface area is 95.8 Å². The number of rotatable bonds is 5. The van der Waals surface area contributed by atoms with Crippen LogP contribution in [-0.2, 0) is 0 Å². The Bertz CT molecular complexity index is 350. The van der Waals surface area contributed by atoms with Crippen molar-refractivity contribution in [3.63, 3.8) is 0 Å². The van der Waals surface area contributed by atoms with Crippen LogP contribution in [0.4, 0.5) is 10.1 Å². The zero-order valence-corrected chi connectivity index (χ0v) is 9.63. The largest absolute Gasteiger partial charge is 0.491 e.